The molecule has 0 aliphatic heterocycles. The summed E-state index contributed by atoms with van der Waals surface area (Å²) < 4.78 is 5.98. The van der Waals surface area contributed by atoms with Crippen molar-refractivity contribution in [2.24, 2.45) is 23.7 Å². The Morgan fingerprint density at radius 3 is 1.85 bits per heavy atom. The minimum Gasteiger partial charge on any atom is -0.457 e. The molecule has 4 saturated carbocycles. The van der Waals surface area contributed by atoms with Crippen molar-refractivity contribution in [3.8, 4) is 11.5 Å². The molecule has 27 heavy (non-hydrogen) atoms. The van der Waals surface area contributed by atoms with Gasteiger partial charge in [0.2, 0.25) is 0 Å². The van der Waals surface area contributed by atoms with Gasteiger partial charge in [-0.3, -0.25) is 4.79 Å². The maximum Gasteiger partial charge on any atom is 0.251 e. The second kappa shape index (κ2) is 6.70. The van der Waals surface area contributed by atoms with Crippen LogP contribution in [0.25, 0.3) is 0 Å². The van der Waals surface area contributed by atoms with E-state index < -0.39 is 0 Å². The van der Waals surface area contributed by atoms with Crippen LogP contribution < -0.4 is 10.1 Å². The number of carbonyl (C=O) groups excluding carboxylic acids is 1. The number of hydrogen-bond acceptors (Lipinski definition) is 2. The average molecular weight is 361 g/mol. The Kier molecular flexibility index (Phi) is 4.18. The van der Waals surface area contributed by atoms with Gasteiger partial charge in [0.25, 0.3) is 5.91 Å². The van der Waals surface area contributed by atoms with E-state index in [9.17, 15) is 4.79 Å². The highest BCUT2D eigenvalue weighted by atomic mass is 16.5. The lowest BCUT2D eigenvalue weighted by Crippen LogP contribution is -2.43. The number of rotatable bonds is 4. The Labute approximate surface area is 161 Å². The van der Waals surface area contributed by atoms with Crippen LogP contribution in [0.5, 0.6) is 11.5 Å². The lowest BCUT2D eigenvalue weighted by molar-refractivity contribution is -0.00279. The standard InChI is InChI=1S/C24H27NO2/c1-25-24(26)18-4-8-22(9-5-18)27-21-6-2-17(3-7-21)23-19-11-15-10-16(13-19)14-20(23)12-15/h2-9,15-16,19-20,23H,10-14H2,1H3,(H,25,26)/t15-,16+,19-,20+,23?. The van der Waals surface area contributed by atoms with Gasteiger partial charge in [0, 0.05) is 12.6 Å². The smallest absolute Gasteiger partial charge is 0.251 e. The molecule has 0 heterocycles. The monoisotopic (exact) mass is 361 g/mol. The van der Waals surface area contributed by atoms with Crippen LogP contribution in [0.2, 0.25) is 0 Å². The zero-order chi connectivity index (χ0) is 18.4. The van der Waals surface area contributed by atoms with Crippen molar-refractivity contribution in [3.05, 3.63) is 59.7 Å². The summed E-state index contributed by atoms with van der Waals surface area (Å²) in [6, 6.07) is 16.0. The van der Waals surface area contributed by atoms with E-state index in [2.05, 4.69) is 29.6 Å². The van der Waals surface area contributed by atoms with Gasteiger partial charge < -0.3 is 10.1 Å². The highest BCUT2D eigenvalue weighted by Crippen LogP contribution is 2.59. The summed E-state index contributed by atoms with van der Waals surface area (Å²) in [5, 5.41) is 2.63. The Morgan fingerprint density at radius 1 is 0.815 bits per heavy atom. The van der Waals surface area contributed by atoms with Gasteiger partial charge in [-0.15, -0.1) is 0 Å². The first kappa shape index (κ1) is 16.9. The first-order valence-corrected chi connectivity index (χ1v) is 10.3. The summed E-state index contributed by atoms with van der Waals surface area (Å²) in [4.78, 5) is 11.6. The van der Waals surface area contributed by atoms with E-state index in [1.54, 1.807) is 19.2 Å². The highest BCUT2D eigenvalue weighted by molar-refractivity contribution is 5.94. The molecule has 3 heteroatoms. The van der Waals surface area contributed by atoms with Gasteiger partial charge in [-0.25, -0.2) is 0 Å². The van der Waals surface area contributed by atoms with Crippen molar-refractivity contribution < 1.29 is 9.53 Å². The SMILES string of the molecule is CNC(=O)c1ccc(Oc2ccc(C3[C@H]4C[C@@H]5C[C@@H](C[C@H]3C5)C4)cc2)cc1. The van der Waals surface area contributed by atoms with Crippen LogP contribution in [-0.4, -0.2) is 13.0 Å². The van der Waals surface area contributed by atoms with Crippen molar-refractivity contribution in [1.82, 2.24) is 5.32 Å². The summed E-state index contributed by atoms with van der Waals surface area (Å²) in [6.45, 7) is 0. The molecular weight excluding hydrogens is 334 g/mol. The van der Waals surface area contributed by atoms with Gasteiger partial charge in [-0.05, 0) is 104 Å². The van der Waals surface area contributed by atoms with E-state index in [1.165, 1.54) is 37.7 Å². The van der Waals surface area contributed by atoms with E-state index in [-0.39, 0.29) is 5.91 Å². The van der Waals surface area contributed by atoms with Crippen LogP contribution in [0.3, 0.4) is 0 Å². The zero-order valence-electron chi connectivity index (χ0n) is 15.9. The fourth-order valence-corrected chi connectivity index (χ4v) is 6.18. The Balaban J connectivity index is 1.29. The predicted molar refractivity (Wildman–Crippen MR) is 106 cm³/mol. The molecule has 0 spiro atoms. The molecule has 6 rings (SSSR count). The third kappa shape index (κ3) is 3.13. The molecular formula is C24H27NO2. The van der Waals surface area contributed by atoms with Crippen molar-refractivity contribution in [2.75, 3.05) is 7.05 Å². The van der Waals surface area contributed by atoms with Crippen molar-refractivity contribution in [2.45, 2.75) is 38.0 Å². The predicted octanol–water partition coefficient (Wildman–Crippen LogP) is 5.38. The van der Waals surface area contributed by atoms with Gasteiger partial charge in [-0.2, -0.15) is 0 Å². The molecule has 0 unspecified atom stereocenters. The number of ether oxygens (including phenoxy) is 1. The van der Waals surface area contributed by atoms with Gasteiger partial charge in [-0.1, -0.05) is 12.1 Å². The number of benzene rings is 2. The number of carbonyl (C=O) groups is 1. The molecule has 4 aliphatic carbocycles. The minimum absolute atomic E-state index is 0.0819. The minimum atomic E-state index is -0.0819. The van der Waals surface area contributed by atoms with E-state index in [1.807, 2.05) is 12.1 Å². The van der Waals surface area contributed by atoms with Crippen molar-refractivity contribution >= 4 is 5.91 Å². The summed E-state index contributed by atoms with van der Waals surface area (Å²) in [5.74, 6) is 6.14. The molecule has 0 atom stereocenters. The van der Waals surface area contributed by atoms with Crippen LogP contribution >= 0.6 is 0 Å². The molecule has 1 N–H and O–H groups in total. The first-order valence-electron chi connectivity index (χ1n) is 10.3. The molecule has 2 aromatic carbocycles. The van der Waals surface area contributed by atoms with E-state index in [0.717, 1.165) is 41.1 Å². The van der Waals surface area contributed by atoms with Crippen molar-refractivity contribution in [3.63, 3.8) is 0 Å². The number of amides is 1. The molecule has 0 radical (unpaired) electrons. The first-order chi connectivity index (χ1) is 13.2. The van der Waals surface area contributed by atoms with Gasteiger partial charge in [0.05, 0.1) is 0 Å². The molecule has 3 nitrogen and oxygen atoms in total. The van der Waals surface area contributed by atoms with Crippen LogP contribution in [0.15, 0.2) is 48.5 Å². The van der Waals surface area contributed by atoms with Gasteiger partial charge in [0.15, 0.2) is 0 Å². The molecule has 0 aromatic heterocycles. The summed E-state index contributed by atoms with van der Waals surface area (Å²) in [6.07, 6.45) is 7.31. The fraction of sp³-hybridized carbons (Fsp3) is 0.458. The van der Waals surface area contributed by atoms with E-state index >= 15 is 0 Å². The van der Waals surface area contributed by atoms with E-state index in [0.29, 0.717) is 5.56 Å². The normalized spacial score (nSPS) is 30.9. The molecule has 4 aliphatic rings. The Hall–Kier alpha value is -2.29. The maximum absolute atomic E-state index is 11.6. The van der Waals surface area contributed by atoms with E-state index in [4.69, 9.17) is 4.74 Å². The number of hydrogen-bond donors (Lipinski definition) is 1. The lowest BCUT2D eigenvalue weighted by Gasteiger charge is -2.54. The maximum atomic E-state index is 11.6. The van der Waals surface area contributed by atoms with Crippen LogP contribution in [0.1, 0.15) is 53.9 Å². The summed E-state index contributed by atoms with van der Waals surface area (Å²) in [7, 11) is 1.64. The largest absolute Gasteiger partial charge is 0.457 e. The third-order valence-corrected chi connectivity index (χ3v) is 7.07. The molecule has 0 saturated heterocycles. The molecule has 2 aromatic rings. The summed E-state index contributed by atoms with van der Waals surface area (Å²) >= 11 is 0. The fourth-order valence-electron chi connectivity index (χ4n) is 6.18. The topological polar surface area (TPSA) is 38.3 Å². The quantitative estimate of drug-likeness (QED) is 0.794. The van der Waals surface area contributed by atoms with Crippen LogP contribution in [0, 0.1) is 23.7 Å². The second-order valence-electron chi connectivity index (χ2n) is 8.73. The average Bonchev–Trinajstić information content (AvgIpc) is 2.68. The van der Waals surface area contributed by atoms with Crippen LogP contribution in [0.4, 0.5) is 0 Å². The molecule has 140 valence electrons. The molecule has 1 amide bonds. The highest BCUT2D eigenvalue weighted by Gasteiger charge is 2.48. The van der Waals surface area contributed by atoms with Gasteiger partial charge in [0.1, 0.15) is 11.5 Å². The Bertz CT molecular complexity index is 796. The van der Waals surface area contributed by atoms with Crippen molar-refractivity contribution in [1.29, 1.82) is 0 Å². The molecule has 4 fully saturated rings. The molecule has 4 bridgehead atoms. The van der Waals surface area contributed by atoms with Crippen LogP contribution in [-0.2, 0) is 0 Å². The lowest BCUT2D eigenvalue weighted by atomic mass is 9.51. The second-order valence-corrected chi connectivity index (χ2v) is 8.73. The van der Waals surface area contributed by atoms with Gasteiger partial charge >= 0.3 is 0 Å². The Morgan fingerprint density at radius 2 is 1.33 bits per heavy atom. The third-order valence-electron chi connectivity index (χ3n) is 7.07. The summed E-state index contributed by atoms with van der Waals surface area (Å²) in [5.41, 5.74) is 2.15. The number of nitrogens with one attached hydrogen (secondary N) is 1. The zero-order valence-corrected chi connectivity index (χ0v) is 15.9.